The van der Waals surface area contributed by atoms with Crippen LogP contribution in [0.1, 0.15) is 144 Å². The van der Waals surface area contributed by atoms with Gasteiger partial charge in [-0.05, 0) is 44.3 Å². The van der Waals surface area contributed by atoms with E-state index in [1.807, 2.05) is 0 Å². The molecule has 0 aliphatic heterocycles. The van der Waals surface area contributed by atoms with E-state index in [9.17, 15) is 4.89 Å². The van der Waals surface area contributed by atoms with E-state index in [1.54, 1.807) is 0 Å². The minimum Gasteiger partial charge on any atom is -0.793 e. The first-order valence-corrected chi connectivity index (χ1v) is 19.0. The number of rotatable bonds is 24. The van der Waals surface area contributed by atoms with Gasteiger partial charge in [-0.25, -0.2) is 0 Å². The van der Waals surface area contributed by atoms with Gasteiger partial charge < -0.3 is 13.9 Å². The summed E-state index contributed by atoms with van der Waals surface area (Å²) in [7, 11) is 0. The van der Waals surface area contributed by atoms with Gasteiger partial charge in [0.1, 0.15) is 0 Å². The molecule has 0 saturated heterocycles. The van der Waals surface area contributed by atoms with Gasteiger partial charge in [-0.2, -0.15) is 0 Å². The van der Waals surface area contributed by atoms with E-state index in [0.717, 1.165) is 25.0 Å². The van der Waals surface area contributed by atoms with E-state index in [-0.39, 0.29) is 0 Å². The van der Waals surface area contributed by atoms with Crippen LogP contribution in [0.25, 0.3) is 0 Å². The molecule has 0 N–H and O–H groups in total. The summed E-state index contributed by atoms with van der Waals surface area (Å²) in [4.78, 5) is 11.8. The van der Waals surface area contributed by atoms with Crippen molar-refractivity contribution in [2.75, 3.05) is 38.5 Å². The molecule has 0 aromatic carbocycles. The molecule has 1 unspecified atom stereocenters. The third kappa shape index (κ3) is 24.6. The maximum Gasteiger partial charge on any atom is 0.0786 e. The van der Waals surface area contributed by atoms with Crippen LogP contribution in [-0.2, 0) is 16.3 Å². The number of unbranched alkanes of at least 4 members (excludes halogenated alkanes) is 10. The van der Waals surface area contributed by atoms with Crippen molar-refractivity contribution < 1.29 is 13.9 Å². The Hall–Kier alpha value is 0.880. The van der Waals surface area contributed by atoms with Crippen molar-refractivity contribution in [1.82, 2.24) is 0 Å². The van der Waals surface area contributed by atoms with Crippen molar-refractivity contribution in [2.45, 2.75) is 144 Å². The second-order valence-electron chi connectivity index (χ2n) is 9.89. The highest BCUT2D eigenvalue weighted by molar-refractivity contribution is 8.67. The van der Waals surface area contributed by atoms with Gasteiger partial charge in [-0.3, -0.25) is 0 Å². The highest BCUT2D eigenvalue weighted by Crippen LogP contribution is 2.52. The summed E-state index contributed by atoms with van der Waals surface area (Å²) in [5.74, 6) is 0.871. The van der Waals surface area contributed by atoms with Gasteiger partial charge >= 0.3 is 0 Å². The van der Waals surface area contributed by atoms with Gasteiger partial charge in [0.2, 0.25) is 0 Å². The zero-order valence-corrected chi connectivity index (χ0v) is 26.6. The Kier molecular flexibility index (Phi) is 29.3. The molecule has 0 aliphatic carbocycles. The standard InChI is InChI=1S/C16H36N.C12H27O2PS2/c1-5-9-13-17(14-10-6-2,15-11-7-3)16-12-8-4;1-3-5-7-9-11-14-15(13,16)17-12-10-8-6-4-2/h5-16H2,1-4H3;3-12H2,1-2H3,(H,13,16)/q+1;/p-1. The molecule has 1 atom stereocenters. The largest absolute Gasteiger partial charge is 0.793 e. The van der Waals surface area contributed by atoms with Crippen LogP contribution in [0, 0.1) is 0 Å². The van der Waals surface area contributed by atoms with Crippen LogP contribution in [0.15, 0.2) is 0 Å². The van der Waals surface area contributed by atoms with Crippen molar-refractivity contribution in [3.05, 3.63) is 0 Å². The van der Waals surface area contributed by atoms with Crippen molar-refractivity contribution in [2.24, 2.45) is 0 Å². The molecule has 0 aromatic rings. The lowest BCUT2D eigenvalue weighted by molar-refractivity contribution is -0.929. The van der Waals surface area contributed by atoms with E-state index in [2.05, 4.69) is 41.5 Å². The van der Waals surface area contributed by atoms with Crippen molar-refractivity contribution in [1.29, 1.82) is 0 Å². The first-order valence-electron chi connectivity index (χ1n) is 14.8. The van der Waals surface area contributed by atoms with Crippen LogP contribution in [-0.4, -0.2) is 43.0 Å². The molecule has 6 heteroatoms. The molecular weight excluding hydrogens is 477 g/mol. The van der Waals surface area contributed by atoms with Gasteiger partial charge in [-0.1, -0.05) is 118 Å². The first-order chi connectivity index (χ1) is 16.4. The molecule has 0 amide bonds. The summed E-state index contributed by atoms with van der Waals surface area (Å²) in [6.07, 6.45) is 20.4. The molecule has 0 radical (unpaired) electrons. The van der Waals surface area contributed by atoms with Gasteiger partial charge in [0.25, 0.3) is 0 Å². The summed E-state index contributed by atoms with van der Waals surface area (Å²) in [5.41, 5.74) is -2.79. The minimum atomic E-state index is -2.79. The molecule has 34 heavy (non-hydrogen) atoms. The van der Waals surface area contributed by atoms with E-state index >= 15 is 0 Å². The number of quaternary nitrogens is 1. The highest BCUT2D eigenvalue weighted by Gasteiger charge is 2.24. The predicted molar refractivity (Wildman–Crippen MR) is 160 cm³/mol. The fraction of sp³-hybridized carbons (Fsp3) is 1.00. The molecule has 0 aromatic heterocycles. The smallest absolute Gasteiger partial charge is 0.0786 e. The van der Waals surface area contributed by atoms with E-state index < -0.39 is 5.69 Å². The Morgan fingerprint density at radius 1 is 0.588 bits per heavy atom. The van der Waals surface area contributed by atoms with Crippen molar-refractivity contribution in [3.63, 3.8) is 0 Å². The lowest BCUT2D eigenvalue weighted by Gasteiger charge is -2.39. The van der Waals surface area contributed by atoms with Crippen LogP contribution >= 0.6 is 17.1 Å². The van der Waals surface area contributed by atoms with Gasteiger partial charge in [0.15, 0.2) is 0 Å². The summed E-state index contributed by atoms with van der Waals surface area (Å²) in [6.45, 7) is 19.9. The zero-order valence-electron chi connectivity index (χ0n) is 24.1. The lowest BCUT2D eigenvalue weighted by Crippen LogP contribution is -2.50. The third-order valence-electron chi connectivity index (χ3n) is 6.44. The molecule has 208 valence electrons. The minimum absolute atomic E-state index is 0.558. The van der Waals surface area contributed by atoms with Crippen LogP contribution in [0.3, 0.4) is 0 Å². The van der Waals surface area contributed by atoms with E-state index in [4.69, 9.17) is 16.3 Å². The topological polar surface area (TPSA) is 32.3 Å². The Bertz CT molecular complexity index is 397. The Morgan fingerprint density at radius 3 is 1.35 bits per heavy atom. The SMILES string of the molecule is CCCCCCOP([O-])(=S)SCCCCCC.CCCC[N+](CCCC)(CCCC)CCCC. The van der Waals surface area contributed by atoms with E-state index in [1.165, 1.54) is 126 Å². The summed E-state index contributed by atoms with van der Waals surface area (Å²) in [6, 6.07) is 0. The Labute approximate surface area is 225 Å². The van der Waals surface area contributed by atoms with Crippen LogP contribution in [0.2, 0.25) is 0 Å². The Balaban J connectivity index is 0. The average Bonchev–Trinajstić information content (AvgIpc) is 2.83. The van der Waals surface area contributed by atoms with E-state index in [0.29, 0.717) is 6.61 Å². The first kappa shape index (κ1) is 37.0. The summed E-state index contributed by atoms with van der Waals surface area (Å²) < 4.78 is 6.74. The van der Waals surface area contributed by atoms with Gasteiger partial charge in [0, 0.05) is 5.69 Å². The molecule has 3 nitrogen and oxygen atoms in total. The van der Waals surface area contributed by atoms with Crippen LogP contribution < -0.4 is 4.89 Å². The molecule has 0 saturated carbocycles. The molecule has 0 aliphatic rings. The number of hydrogen-bond donors (Lipinski definition) is 0. The maximum atomic E-state index is 11.8. The molecule has 0 bridgehead atoms. The third-order valence-corrected chi connectivity index (χ3v) is 10.8. The monoisotopic (exact) mass is 539 g/mol. The fourth-order valence-corrected chi connectivity index (χ4v) is 7.48. The molecular formula is C28H62NO2PS2. The number of nitrogens with zero attached hydrogens (tertiary/aromatic N) is 1. The van der Waals surface area contributed by atoms with Crippen LogP contribution in [0.5, 0.6) is 0 Å². The fourth-order valence-electron chi connectivity index (χ4n) is 4.09. The highest BCUT2D eigenvalue weighted by atomic mass is 32.9. The maximum absolute atomic E-state index is 11.8. The predicted octanol–water partition coefficient (Wildman–Crippen LogP) is 9.49. The summed E-state index contributed by atoms with van der Waals surface area (Å²) in [5, 5.41) is 0. The average molecular weight is 540 g/mol. The molecule has 0 fully saturated rings. The molecule has 0 spiro atoms. The normalized spacial score (nSPS) is 13.4. The quantitative estimate of drug-likeness (QED) is 0.0694. The molecule has 0 rings (SSSR count). The zero-order chi connectivity index (χ0) is 26.0. The van der Waals surface area contributed by atoms with Gasteiger partial charge in [0.05, 0.1) is 32.8 Å². The van der Waals surface area contributed by atoms with Gasteiger partial charge in [-0.15, -0.1) is 11.4 Å². The van der Waals surface area contributed by atoms with Crippen LogP contribution in [0.4, 0.5) is 0 Å². The lowest BCUT2D eigenvalue weighted by atomic mass is 10.1. The molecule has 0 heterocycles. The second kappa shape index (κ2) is 26.9. The second-order valence-corrected chi connectivity index (χ2v) is 16.1. The summed E-state index contributed by atoms with van der Waals surface area (Å²) >= 11 is 6.34. The number of hydrogen-bond acceptors (Lipinski definition) is 4. The van der Waals surface area contributed by atoms with Crippen molar-refractivity contribution >= 4 is 28.9 Å². The Morgan fingerprint density at radius 2 is 0.971 bits per heavy atom. The van der Waals surface area contributed by atoms with Crippen molar-refractivity contribution in [3.8, 4) is 0 Å².